The van der Waals surface area contributed by atoms with Crippen molar-refractivity contribution in [3.63, 3.8) is 0 Å². The van der Waals surface area contributed by atoms with Crippen molar-refractivity contribution in [2.24, 2.45) is 0 Å². The number of hydrogen-bond donors (Lipinski definition) is 2. The molecule has 5 nitrogen and oxygen atoms in total. The largest absolute Gasteiger partial charge is 0.493 e. The van der Waals surface area contributed by atoms with Crippen LogP contribution < -0.4 is 14.8 Å². The monoisotopic (exact) mass is 259 g/mol. The Kier molecular flexibility index (Phi) is 5.59. The smallest absolute Gasteiger partial charge is 0.239 e. The number of benzene rings is 1. The maximum Gasteiger partial charge on any atom is 0.239 e. The number of methoxy groups -OCH3 is 1. The van der Waals surface area contributed by atoms with Gasteiger partial charge in [0.1, 0.15) is 12.5 Å². The van der Waals surface area contributed by atoms with Crippen molar-refractivity contribution in [1.82, 2.24) is 0 Å². The number of aliphatic hydroxyl groups excluding tert-OH is 1. The van der Waals surface area contributed by atoms with E-state index in [-0.39, 0.29) is 25.0 Å². The van der Waals surface area contributed by atoms with Gasteiger partial charge in [0.15, 0.2) is 11.5 Å². The highest BCUT2D eigenvalue weighted by atomic mass is 35.5. The van der Waals surface area contributed by atoms with Gasteiger partial charge in [0.25, 0.3) is 0 Å². The Morgan fingerprint density at radius 1 is 1.47 bits per heavy atom. The van der Waals surface area contributed by atoms with Crippen molar-refractivity contribution in [2.45, 2.75) is 0 Å². The van der Waals surface area contributed by atoms with Gasteiger partial charge in [-0.1, -0.05) is 0 Å². The molecular formula is C11H14ClNO4. The fraction of sp³-hybridized carbons (Fsp3) is 0.364. The summed E-state index contributed by atoms with van der Waals surface area (Å²) in [5.41, 5.74) is 0.560. The number of ether oxygens (including phenoxy) is 2. The predicted octanol–water partition coefficient (Wildman–Crippen LogP) is 1.24. The van der Waals surface area contributed by atoms with Crippen LogP contribution in [-0.2, 0) is 4.79 Å². The SMILES string of the molecule is COc1ccc(NC(=O)CCl)cc1OCCO. The molecule has 94 valence electrons. The number of alkyl halides is 1. The quantitative estimate of drug-likeness (QED) is 0.755. The molecule has 0 bridgehead atoms. The third-order valence-electron chi connectivity index (χ3n) is 1.92. The normalized spacial score (nSPS) is 9.82. The van der Waals surface area contributed by atoms with Gasteiger partial charge in [-0.15, -0.1) is 11.6 Å². The molecule has 0 fully saturated rings. The number of aliphatic hydroxyl groups is 1. The van der Waals surface area contributed by atoms with Gasteiger partial charge in [0.2, 0.25) is 5.91 Å². The molecule has 1 amide bonds. The number of amides is 1. The average Bonchev–Trinajstić information content (AvgIpc) is 2.36. The lowest BCUT2D eigenvalue weighted by Crippen LogP contribution is -2.12. The van der Waals surface area contributed by atoms with Crippen LogP contribution >= 0.6 is 11.6 Å². The second-order valence-electron chi connectivity index (χ2n) is 3.12. The first-order chi connectivity index (χ1) is 8.21. The molecule has 0 aliphatic carbocycles. The van der Waals surface area contributed by atoms with E-state index in [2.05, 4.69) is 5.32 Å². The van der Waals surface area contributed by atoms with E-state index in [0.717, 1.165) is 0 Å². The van der Waals surface area contributed by atoms with Crippen molar-refractivity contribution in [2.75, 3.05) is 31.5 Å². The van der Waals surface area contributed by atoms with E-state index in [9.17, 15) is 4.79 Å². The Balaban J connectivity index is 2.83. The molecule has 1 aromatic carbocycles. The maximum atomic E-state index is 11.1. The van der Waals surface area contributed by atoms with Crippen molar-refractivity contribution >= 4 is 23.2 Å². The molecular weight excluding hydrogens is 246 g/mol. The molecule has 6 heteroatoms. The van der Waals surface area contributed by atoms with Crippen LogP contribution in [0.3, 0.4) is 0 Å². The van der Waals surface area contributed by atoms with Crippen LogP contribution in [0.1, 0.15) is 0 Å². The molecule has 0 saturated carbocycles. The van der Waals surface area contributed by atoms with E-state index < -0.39 is 0 Å². The van der Waals surface area contributed by atoms with Gasteiger partial charge in [-0.3, -0.25) is 4.79 Å². The second-order valence-corrected chi connectivity index (χ2v) is 3.39. The van der Waals surface area contributed by atoms with Gasteiger partial charge >= 0.3 is 0 Å². The number of halogens is 1. The summed E-state index contributed by atoms with van der Waals surface area (Å²) in [4.78, 5) is 11.1. The summed E-state index contributed by atoms with van der Waals surface area (Å²) in [5.74, 6) is 0.569. The van der Waals surface area contributed by atoms with Crippen LogP contribution in [0.25, 0.3) is 0 Å². The highest BCUT2D eigenvalue weighted by molar-refractivity contribution is 6.29. The number of anilines is 1. The van der Waals surface area contributed by atoms with Crippen LogP contribution in [-0.4, -0.2) is 37.2 Å². The zero-order chi connectivity index (χ0) is 12.7. The Hall–Kier alpha value is -1.46. The van der Waals surface area contributed by atoms with Gasteiger partial charge < -0.3 is 19.9 Å². The summed E-state index contributed by atoms with van der Waals surface area (Å²) in [5, 5.41) is 11.3. The standard InChI is InChI=1S/C11H14ClNO4/c1-16-9-3-2-8(13-11(15)7-12)6-10(9)17-5-4-14/h2-3,6,14H,4-5,7H2,1H3,(H,13,15). The van der Waals surface area contributed by atoms with Crippen LogP contribution in [0, 0.1) is 0 Å². The first-order valence-electron chi connectivity index (χ1n) is 4.98. The van der Waals surface area contributed by atoms with Crippen molar-refractivity contribution in [1.29, 1.82) is 0 Å². The van der Waals surface area contributed by atoms with Crippen LogP contribution in [0.2, 0.25) is 0 Å². The summed E-state index contributed by atoms with van der Waals surface area (Å²) >= 11 is 5.38. The Morgan fingerprint density at radius 3 is 2.82 bits per heavy atom. The van der Waals surface area contributed by atoms with Crippen LogP contribution in [0.5, 0.6) is 11.5 Å². The summed E-state index contributed by atoms with van der Waals surface area (Å²) in [6.45, 7) is 0.0602. The molecule has 2 N–H and O–H groups in total. The highest BCUT2D eigenvalue weighted by Crippen LogP contribution is 2.30. The van der Waals surface area contributed by atoms with E-state index in [4.69, 9.17) is 26.2 Å². The first kappa shape index (κ1) is 13.6. The lowest BCUT2D eigenvalue weighted by molar-refractivity contribution is -0.113. The minimum atomic E-state index is -0.301. The van der Waals surface area contributed by atoms with Gasteiger partial charge in [-0.05, 0) is 12.1 Å². The fourth-order valence-electron chi connectivity index (χ4n) is 1.22. The topological polar surface area (TPSA) is 67.8 Å². The third kappa shape index (κ3) is 4.13. The Bertz CT molecular complexity index is 384. The summed E-state index contributed by atoms with van der Waals surface area (Å²) in [7, 11) is 1.51. The summed E-state index contributed by atoms with van der Waals surface area (Å²) in [6.07, 6.45) is 0. The molecule has 0 aliphatic rings. The molecule has 0 spiro atoms. The molecule has 17 heavy (non-hydrogen) atoms. The lowest BCUT2D eigenvalue weighted by Gasteiger charge is -2.11. The fourth-order valence-corrected chi connectivity index (χ4v) is 1.28. The molecule has 0 radical (unpaired) electrons. The minimum absolute atomic E-state index is 0.0958. The molecule has 0 unspecified atom stereocenters. The van der Waals surface area contributed by atoms with Gasteiger partial charge in [0.05, 0.1) is 13.7 Å². The minimum Gasteiger partial charge on any atom is -0.493 e. The summed E-state index contributed by atoms with van der Waals surface area (Å²) < 4.78 is 10.4. The van der Waals surface area contributed by atoms with Crippen molar-refractivity contribution < 1.29 is 19.4 Å². The Morgan fingerprint density at radius 2 is 2.24 bits per heavy atom. The van der Waals surface area contributed by atoms with Gasteiger partial charge in [-0.2, -0.15) is 0 Å². The molecule has 0 heterocycles. The molecule has 0 aromatic heterocycles. The second kappa shape index (κ2) is 6.98. The summed E-state index contributed by atoms with van der Waals surface area (Å²) in [6, 6.07) is 4.95. The van der Waals surface area contributed by atoms with Gasteiger partial charge in [0, 0.05) is 11.8 Å². The predicted molar refractivity (Wildman–Crippen MR) is 64.9 cm³/mol. The molecule has 0 saturated heterocycles. The zero-order valence-corrected chi connectivity index (χ0v) is 10.2. The lowest BCUT2D eigenvalue weighted by atomic mass is 10.2. The van der Waals surface area contributed by atoms with Crippen molar-refractivity contribution in [3.05, 3.63) is 18.2 Å². The number of hydrogen-bond acceptors (Lipinski definition) is 4. The number of carbonyl (C=O) groups excluding carboxylic acids is 1. The number of carbonyl (C=O) groups is 1. The molecule has 1 aromatic rings. The molecule has 0 aliphatic heterocycles. The van der Waals surface area contributed by atoms with Crippen molar-refractivity contribution in [3.8, 4) is 11.5 Å². The Labute approximate surface area is 104 Å². The van der Waals surface area contributed by atoms with E-state index in [1.54, 1.807) is 18.2 Å². The molecule has 0 atom stereocenters. The van der Waals surface area contributed by atoms with E-state index in [0.29, 0.717) is 17.2 Å². The number of rotatable bonds is 6. The third-order valence-corrected chi connectivity index (χ3v) is 2.16. The van der Waals surface area contributed by atoms with E-state index in [1.807, 2.05) is 0 Å². The highest BCUT2D eigenvalue weighted by Gasteiger charge is 2.07. The maximum absolute atomic E-state index is 11.1. The van der Waals surface area contributed by atoms with E-state index >= 15 is 0 Å². The zero-order valence-electron chi connectivity index (χ0n) is 9.40. The van der Waals surface area contributed by atoms with Crippen LogP contribution in [0.15, 0.2) is 18.2 Å². The number of nitrogens with one attached hydrogen (secondary N) is 1. The molecule has 1 rings (SSSR count). The average molecular weight is 260 g/mol. The first-order valence-corrected chi connectivity index (χ1v) is 5.52. The van der Waals surface area contributed by atoms with E-state index in [1.165, 1.54) is 7.11 Å². The van der Waals surface area contributed by atoms with Gasteiger partial charge in [-0.25, -0.2) is 0 Å². The van der Waals surface area contributed by atoms with Crippen LogP contribution in [0.4, 0.5) is 5.69 Å².